The SMILES string of the molecule is CCNC(CO)CNC(=O)c1ccnc(-c2cnn3ccc(-c4ccccc4)nc23)c1. The number of amides is 1. The van der Waals surface area contributed by atoms with Gasteiger partial charge in [0.25, 0.3) is 5.91 Å². The number of aliphatic hydroxyl groups excluding tert-OH is 1. The molecule has 0 aliphatic heterocycles. The zero-order valence-electron chi connectivity index (χ0n) is 17.2. The zero-order valence-corrected chi connectivity index (χ0v) is 17.2. The van der Waals surface area contributed by atoms with Crippen LogP contribution in [0.1, 0.15) is 17.3 Å². The molecule has 158 valence electrons. The van der Waals surface area contributed by atoms with Gasteiger partial charge in [-0.2, -0.15) is 5.10 Å². The zero-order chi connectivity index (χ0) is 21.6. The molecule has 0 radical (unpaired) electrons. The fourth-order valence-corrected chi connectivity index (χ4v) is 3.35. The highest BCUT2D eigenvalue weighted by molar-refractivity contribution is 5.95. The van der Waals surface area contributed by atoms with Gasteiger partial charge in [0.15, 0.2) is 5.65 Å². The maximum absolute atomic E-state index is 12.6. The Hall–Kier alpha value is -3.62. The second-order valence-electron chi connectivity index (χ2n) is 7.08. The maximum Gasteiger partial charge on any atom is 0.251 e. The van der Waals surface area contributed by atoms with Crippen LogP contribution in [-0.2, 0) is 0 Å². The summed E-state index contributed by atoms with van der Waals surface area (Å²) in [5.74, 6) is -0.227. The highest BCUT2D eigenvalue weighted by Crippen LogP contribution is 2.25. The molecule has 3 aromatic heterocycles. The van der Waals surface area contributed by atoms with Gasteiger partial charge in [-0.25, -0.2) is 9.50 Å². The Morgan fingerprint density at radius 3 is 2.77 bits per heavy atom. The number of pyridine rings is 1. The molecular weight excluding hydrogens is 392 g/mol. The van der Waals surface area contributed by atoms with Gasteiger partial charge in [-0.05, 0) is 24.7 Å². The number of rotatable bonds is 8. The summed E-state index contributed by atoms with van der Waals surface area (Å²) in [6, 6.07) is 15.0. The molecule has 1 unspecified atom stereocenters. The minimum atomic E-state index is -0.227. The highest BCUT2D eigenvalue weighted by Gasteiger charge is 2.14. The molecule has 8 heteroatoms. The van der Waals surface area contributed by atoms with Crippen LogP contribution in [0.4, 0.5) is 0 Å². The van der Waals surface area contributed by atoms with Crippen LogP contribution in [0.5, 0.6) is 0 Å². The Labute approximate surface area is 180 Å². The second-order valence-corrected chi connectivity index (χ2v) is 7.08. The molecule has 0 aliphatic rings. The normalized spacial score (nSPS) is 12.1. The van der Waals surface area contributed by atoms with Crippen LogP contribution < -0.4 is 10.6 Å². The molecule has 3 heterocycles. The van der Waals surface area contributed by atoms with Gasteiger partial charge in [-0.15, -0.1) is 0 Å². The van der Waals surface area contributed by atoms with Crippen molar-refractivity contribution in [1.82, 2.24) is 30.2 Å². The van der Waals surface area contributed by atoms with Crippen molar-refractivity contribution >= 4 is 11.6 Å². The molecule has 0 bridgehead atoms. The van der Waals surface area contributed by atoms with Gasteiger partial charge in [0, 0.05) is 36.1 Å². The van der Waals surface area contributed by atoms with Crippen LogP contribution in [0.3, 0.4) is 0 Å². The quantitative estimate of drug-likeness (QED) is 0.407. The maximum atomic E-state index is 12.6. The fraction of sp³-hybridized carbons (Fsp3) is 0.217. The lowest BCUT2D eigenvalue weighted by Gasteiger charge is -2.15. The summed E-state index contributed by atoms with van der Waals surface area (Å²) in [4.78, 5) is 21.8. The first kappa shape index (κ1) is 20.6. The van der Waals surface area contributed by atoms with Crippen LogP contribution >= 0.6 is 0 Å². The molecule has 3 N–H and O–H groups in total. The number of nitrogens with one attached hydrogen (secondary N) is 2. The molecule has 4 rings (SSSR count). The van der Waals surface area contributed by atoms with Crippen LogP contribution in [0.25, 0.3) is 28.2 Å². The van der Waals surface area contributed by atoms with E-state index in [9.17, 15) is 9.90 Å². The molecule has 0 spiro atoms. The third-order valence-corrected chi connectivity index (χ3v) is 4.96. The predicted octanol–water partition coefficient (Wildman–Crippen LogP) is 2.16. The summed E-state index contributed by atoms with van der Waals surface area (Å²) in [6.45, 7) is 2.95. The minimum Gasteiger partial charge on any atom is -0.395 e. The van der Waals surface area contributed by atoms with E-state index in [4.69, 9.17) is 4.98 Å². The van der Waals surface area contributed by atoms with Crippen molar-refractivity contribution in [3.8, 4) is 22.5 Å². The van der Waals surface area contributed by atoms with Crippen LogP contribution in [-0.4, -0.2) is 56.3 Å². The molecular formula is C23H24N6O2. The largest absolute Gasteiger partial charge is 0.395 e. The van der Waals surface area contributed by atoms with Crippen LogP contribution in [0, 0.1) is 0 Å². The van der Waals surface area contributed by atoms with E-state index in [1.54, 1.807) is 29.0 Å². The minimum absolute atomic E-state index is 0.0481. The van der Waals surface area contributed by atoms with E-state index in [0.717, 1.165) is 16.8 Å². The summed E-state index contributed by atoms with van der Waals surface area (Å²) in [5, 5.41) is 19.7. The van der Waals surface area contributed by atoms with Gasteiger partial charge in [0.05, 0.1) is 29.8 Å². The number of carbonyl (C=O) groups is 1. The van der Waals surface area contributed by atoms with Crippen LogP contribution in [0.15, 0.2) is 67.1 Å². The molecule has 1 aromatic carbocycles. The van der Waals surface area contributed by atoms with E-state index in [2.05, 4.69) is 20.7 Å². The van der Waals surface area contributed by atoms with Crippen molar-refractivity contribution in [2.75, 3.05) is 19.7 Å². The number of aliphatic hydroxyl groups is 1. The molecule has 1 amide bonds. The average Bonchev–Trinajstić information content (AvgIpc) is 3.25. The number of likely N-dealkylation sites (N-methyl/N-ethyl adjacent to an activating group) is 1. The molecule has 31 heavy (non-hydrogen) atoms. The van der Waals surface area contributed by atoms with Gasteiger partial charge < -0.3 is 15.7 Å². The topological polar surface area (TPSA) is 104 Å². The first-order valence-electron chi connectivity index (χ1n) is 10.2. The van der Waals surface area contributed by atoms with Gasteiger partial charge in [-0.1, -0.05) is 37.3 Å². The average molecular weight is 416 g/mol. The predicted molar refractivity (Wildman–Crippen MR) is 119 cm³/mol. The Bertz CT molecular complexity index is 1180. The second kappa shape index (κ2) is 9.46. The molecule has 4 aromatic rings. The van der Waals surface area contributed by atoms with Crippen LogP contribution in [0.2, 0.25) is 0 Å². The molecule has 1 atom stereocenters. The lowest BCUT2D eigenvalue weighted by Crippen LogP contribution is -2.43. The third kappa shape index (κ3) is 4.60. The van der Waals surface area contributed by atoms with Crippen molar-refractivity contribution in [3.63, 3.8) is 0 Å². The number of fused-ring (bicyclic) bond motifs is 1. The first-order chi connectivity index (χ1) is 15.2. The van der Waals surface area contributed by atoms with E-state index in [-0.39, 0.29) is 18.6 Å². The van der Waals surface area contributed by atoms with E-state index >= 15 is 0 Å². The van der Waals surface area contributed by atoms with Crippen molar-refractivity contribution < 1.29 is 9.90 Å². The Kier molecular flexibility index (Phi) is 6.30. The fourth-order valence-electron chi connectivity index (χ4n) is 3.35. The number of nitrogens with zero attached hydrogens (tertiary/aromatic N) is 4. The Morgan fingerprint density at radius 2 is 2.00 bits per heavy atom. The molecule has 0 saturated heterocycles. The molecule has 0 saturated carbocycles. The summed E-state index contributed by atoms with van der Waals surface area (Å²) < 4.78 is 1.69. The van der Waals surface area contributed by atoms with E-state index in [1.165, 1.54) is 0 Å². The van der Waals surface area contributed by atoms with E-state index in [0.29, 0.717) is 30.0 Å². The van der Waals surface area contributed by atoms with Crippen molar-refractivity contribution in [2.24, 2.45) is 0 Å². The standard InChI is InChI=1S/C23H24N6O2/c1-2-24-18(15-30)13-26-23(31)17-8-10-25-21(12-17)19-14-27-29-11-9-20(28-22(19)29)16-6-4-3-5-7-16/h3-12,14,18,24,30H,2,13,15H2,1H3,(H,26,31). The van der Waals surface area contributed by atoms with E-state index in [1.807, 2.05) is 49.5 Å². The van der Waals surface area contributed by atoms with Gasteiger partial charge in [-0.3, -0.25) is 9.78 Å². The van der Waals surface area contributed by atoms with Gasteiger partial charge in [0.2, 0.25) is 0 Å². The first-order valence-corrected chi connectivity index (χ1v) is 10.2. The molecule has 0 aliphatic carbocycles. The lowest BCUT2D eigenvalue weighted by molar-refractivity contribution is 0.0945. The monoisotopic (exact) mass is 416 g/mol. The number of carbonyl (C=O) groups excluding carboxylic acids is 1. The molecule has 0 fully saturated rings. The van der Waals surface area contributed by atoms with Crippen molar-refractivity contribution in [2.45, 2.75) is 13.0 Å². The lowest BCUT2D eigenvalue weighted by atomic mass is 10.1. The number of benzene rings is 1. The van der Waals surface area contributed by atoms with Gasteiger partial charge in [0.1, 0.15) is 0 Å². The highest BCUT2D eigenvalue weighted by atomic mass is 16.3. The Balaban J connectivity index is 1.61. The molecule has 8 nitrogen and oxygen atoms in total. The third-order valence-electron chi connectivity index (χ3n) is 4.96. The number of hydrogen-bond acceptors (Lipinski definition) is 6. The number of aromatic nitrogens is 4. The van der Waals surface area contributed by atoms with Crippen molar-refractivity contribution in [1.29, 1.82) is 0 Å². The summed E-state index contributed by atoms with van der Waals surface area (Å²) in [5.41, 5.74) is 4.36. The number of hydrogen-bond donors (Lipinski definition) is 3. The Morgan fingerprint density at radius 1 is 1.16 bits per heavy atom. The summed E-state index contributed by atoms with van der Waals surface area (Å²) in [6.07, 6.45) is 5.16. The smallest absolute Gasteiger partial charge is 0.251 e. The van der Waals surface area contributed by atoms with Crippen molar-refractivity contribution in [3.05, 3.63) is 72.7 Å². The summed E-state index contributed by atoms with van der Waals surface area (Å²) >= 11 is 0. The summed E-state index contributed by atoms with van der Waals surface area (Å²) in [7, 11) is 0. The van der Waals surface area contributed by atoms with E-state index < -0.39 is 0 Å². The van der Waals surface area contributed by atoms with Gasteiger partial charge >= 0.3 is 0 Å².